The fourth-order valence-electron chi connectivity index (χ4n) is 3.51. The van der Waals surface area contributed by atoms with Crippen LogP contribution in [0.4, 0.5) is 0 Å². The quantitative estimate of drug-likeness (QED) is 0.226. The van der Waals surface area contributed by atoms with E-state index in [1.165, 1.54) is 4.88 Å². The molecule has 0 fully saturated rings. The van der Waals surface area contributed by atoms with Crippen LogP contribution < -0.4 is 0 Å². The lowest BCUT2D eigenvalue weighted by Gasteiger charge is -2.04. The molecule has 3 aromatic carbocycles. The van der Waals surface area contributed by atoms with Gasteiger partial charge in [-0.2, -0.15) is 5.10 Å². The van der Waals surface area contributed by atoms with Crippen molar-refractivity contribution in [3.05, 3.63) is 98.8 Å². The highest BCUT2D eigenvalue weighted by Gasteiger charge is 2.18. The summed E-state index contributed by atoms with van der Waals surface area (Å²) < 4.78 is 4.02. The minimum absolute atomic E-state index is 0.854. The van der Waals surface area contributed by atoms with Gasteiger partial charge in [-0.05, 0) is 37.3 Å². The number of nitrogens with zero attached hydrogens (tertiary/aromatic N) is 3. The number of thiazole rings is 1. The van der Waals surface area contributed by atoms with E-state index >= 15 is 0 Å². The second kappa shape index (κ2) is 8.54. The van der Waals surface area contributed by atoms with Gasteiger partial charge in [0.05, 0.1) is 17.1 Å². The van der Waals surface area contributed by atoms with Gasteiger partial charge in [0.1, 0.15) is 0 Å². The van der Waals surface area contributed by atoms with E-state index in [-0.39, 0.29) is 0 Å². The monoisotopic (exact) mass is 549 g/mol. The van der Waals surface area contributed by atoms with E-state index in [9.17, 15) is 0 Å². The van der Waals surface area contributed by atoms with Gasteiger partial charge in [0.2, 0.25) is 5.13 Å². The van der Waals surface area contributed by atoms with Crippen LogP contribution in [0.1, 0.15) is 4.88 Å². The molecular weight excluding hydrogens is 534 g/mol. The Hall–Kier alpha value is -2.54. The van der Waals surface area contributed by atoms with E-state index in [1.54, 1.807) is 11.3 Å². The summed E-state index contributed by atoms with van der Waals surface area (Å²) in [7, 11) is 0. The molecule has 0 spiro atoms. The predicted octanol–water partition coefficient (Wildman–Crippen LogP) is 8.16. The molecule has 0 N–H and O–H groups in total. The summed E-state index contributed by atoms with van der Waals surface area (Å²) >= 11 is 8.83. The number of hydrogen-bond donors (Lipinski definition) is 0. The third kappa shape index (κ3) is 4.15. The van der Waals surface area contributed by atoms with E-state index in [4.69, 9.17) is 10.1 Å². The van der Waals surface area contributed by atoms with Crippen LogP contribution in [0.3, 0.4) is 0 Å². The Morgan fingerprint density at radius 3 is 2.10 bits per heavy atom. The van der Waals surface area contributed by atoms with E-state index in [1.807, 2.05) is 47.1 Å². The maximum atomic E-state index is 4.98. The summed E-state index contributed by atoms with van der Waals surface area (Å²) in [6, 6.07) is 28.9. The second-order valence-corrected chi connectivity index (χ2v) is 10.1. The largest absolute Gasteiger partial charge is 0.218 e. The number of aryl methyl sites for hydroxylation is 1. The summed E-state index contributed by atoms with van der Waals surface area (Å²) in [5.74, 6) is 0. The van der Waals surface area contributed by atoms with Crippen molar-refractivity contribution in [2.75, 3.05) is 0 Å². The zero-order valence-electron chi connectivity index (χ0n) is 16.6. The normalized spacial score (nSPS) is 11.1. The highest BCUT2D eigenvalue weighted by atomic mass is 79.9. The maximum Gasteiger partial charge on any atom is 0.211 e. The van der Waals surface area contributed by atoms with Crippen molar-refractivity contribution in [1.29, 1.82) is 0 Å². The molecule has 2 heterocycles. The van der Waals surface area contributed by atoms with Gasteiger partial charge < -0.3 is 0 Å². The van der Waals surface area contributed by atoms with Crippen LogP contribution in [0.5, 0.6) is 0 Å². The summed E-state index contributed by atoms with van der Waals surface area (Å²) in [5, 5.41) is 5.83. The molecule has 152 valence electrons. The van der Waals surface area contributed by atoms with Gasteiger partial charge in [0.15, 0.2) is 0 Å². The lowest BCUT2D eigenvalue weighted by atomic mass is 10.1. The van der Waals surface area contributed by atoms with E-state index < -0.39 is 0 Å². The fraction of sp³-hybridized carbons (Fsp3) is 0.0400. The van der Waals surface area contributed by atoms with Gasteiger partial charge >= 0.3 is 0 Å². The summed E-state index contributed by atoms with van der Waals surface area (Å²) in [6.45, 7) is 2.11. The molecule has 0 aliphatic rings. The Morgan fingerprint density at radius 1 is 0.742 bits per heavy atom. The van der Waals surface area contributed by atoms with Crippen LogP contribution in [-0.4, -0.2) is 14.8 Å². The van der Waals surface area contributed by atoms with E-state index in [2.05, 4.69) is 81.2 Å². The number of aromatic nitrogens is 3. The van der Waals surface area contributed by atoms with Gasteiger partial charge in [-0.3, -0.25) is 0 Å². The third-order valence-electron chi connectivity index (χ3n) is 4.96. The molecule has 3 nitrogen and oxygen atoms in total. The van der Waals surface area contributed by atoms with Crippen LogP contribution in [0.15, 0.2) is 93.9 Å². The molecular formula is C25H17Br2N3S. The molecule has 2 aromatic heterocycles. The molecule has 31 heavy (non-hydrogen) atoms. The van der Waals surface area contributed by atoms with Crippen molar-refractivity contribution >= 4 is 43.2 Å². The second-order valence-electron chi connectivity index (χ2n) is 7.11. The summed E-state index contributed by atoms with van der Waals surface area (Å²) in [6.07, 6.45) is 0. The van der Waals surface area contributed by atoms with Crippen molar-refractivity contribution in [1.82, 2.24) is 14.8 Å². The molecule has 5 aromatic rings. The Bertz CT molecular complexity index is 1370. The van der Waals surface area contributed by atoms with E-state index in [0.717, 1.165) is 47.8 Å². The maximum absolute atomic E-state index is 4.98. The highest BCUT2D eigenvalue weighted by Crippen LogP contribution is 2.35. The molecule has 6 heteroatoms. The molecule has 0 aliphatic carbocycles. The summed E-state index contributed by atoms with van der Waals surface area (Å²) in [4.78, 5) is 6.15. The Labute approximate surface area is 201 Å². The zero-order chi connectivity index (χ0) is 21.4. The standard InChI is InChI=1S/C25H17Br2N3S/c1-16-24(17-7-3-2-4-8-17)28-25(31-16)30-23(19-10-6-12-21(27)14-19)15-22(29-30)18-9-5-11-20(26)13-18/h2-15H,1H3. The molecule has 0 saturated heterocycles. The van der Waals surface area contributed by atoms with Crippen molar-refractivity contribution in [2.24, 2.45) is 0 Å². The van der Waals surface area contributed by atoms with Crippen molar-refractivity contribution in [3.63, 3.8) is 0 Å². The minimum atomic E-state index is 0.854. The van der Waals surface area contributed by atoms with Gasteiger partial charge in [-0.15, -0.1) is 0 Å². The number of benzene rings is 3. The Kier molecular flexibility index (Phi) is 5.61. The number of rotatable bonds is 4. The lowest BCUT2D eigenvalue weighted by molar-refractivity contribution is 0.881. The van der Waals surface area contributed by atoms with Crippen molar-refractivity contribution in [2.45, 2.75) is 6.92 Å². The first-order valence-corrected chi connectivity index (χ1v) is 12.1. The van der Waals surface area contributed by atoms with Crippen LogP contribution in [0.2, 0.25) is 0 Å². The minimum Gasteiger partial charge on any atom is -0.218 e. The first-order chi connectivity index (χ1) is 15.1. The van der Waals surface area contributed by atoms with E-state index in [0.29, 0.717) is 0 Å². The van der Waals surface area contributed by atoms with Gasteiger partial charge in [-0.25, -0.2) is 9.67 Å². The van der Waals surface area contributed by atoms with Crippen LogP contribution >= 0.6 is 43.2 Å². The number of hydrogen-bond acceptors (Lipinski definition) is 3. The van der Waals surface area contributed by atoms with Crippen molar-refractivity contribution < 1.29 is 0 Å². The average Bonchev–Trinajstić information content (AvgIpc) is 3.38. The van der Waals surface area contributed by atoms with Crippen LogP contribution in [0.25, 0.3) is 38.9 Å². The molecule has 0 unspecified atom stereocenters. The first kappa shape index (κ1) is 20.4. The average molecular weight is 551 g/mol. The molecule has 0 amide bonds. The molecule has 5 rings (SSSR count). The Balaban J connectivity index is 1.69. The molecule has 0 saturated carbocycles. The molecule has 0 aliphatic heterocycles. The highest BCUT2D eigenvalue weighted by molar-refractivity contribution is 9.10. The van der Waals surface area contributed by atoms with Gasteiger partial charge in [-0.1, -0.05) is 97.8 Å². The fourth-order valence-corrected chi connectivity index (χ4v) is 5.20. The lowest BCUT2D eigenvalue weighted by Crippen LogP contribution is -1.99. The zero-order valence-corrected chi connectivity index (χ0v) is 20.6. The molecule has 0 bridgehead atoms. The number of halogens is 2. The topological polar surface area (TPSA) is 30.7 Å². The van der Waals surface area contributed by atoms with Gasteiger partial charge in [0, 0.05) is 30.5 Å². The third-order valence-corrected chi connectivity index (χ3v) is 6.90. The molecule has 0 atom stereocenters. The van der Waals surface area contributed by atoms with Crippen molar-refractivity contribution in [3.8, 4) is 38.9 Å². The predicted molar refractivity (Wildman–Crippen MR) is 136 cm³/mol. The van der Waals surface area contributed by atoms with Crippen LogP contribution in [0, 0.1) is 6.92 Å². The summed E-state index contributed by atoms with van der Waals surface area (Å²) in [5.41, 5.74) is 6.17. The molecule has 0 radical (unpaired) electrons. The smallest absolute Gasteiger partial charge is 0.211 e. The Morgan fingerprint density at radius 2 is 1.39 bits per heavy atom. The van der Waals surface area contributed by atoms with Crippen LogP contribution in [-0.2, 0) is 0 Å². The van der Waals surface area contributed by atoms with Gasteiger partial charge in [0.25, 0.3) is 0 Å². The first-order valence-electron chi connectivity index (χ1n) is 9.74. The SMILES string of the molecule is Cc1sc(-n2nc(-c3cccc(Br)c3)cc2-c2cccc(Br)c2)nc1-c1ccccc1.